The Morgan fingerprint density at radius 1 is 1.00 bits per heavy atom. The molecule has 188 valence electrons. The molecule has 1 heterocycles. The molecule has 0 atom stereocenters. The van der Waals surface area contributed by atoms with Crippen LogP contribution in [0.25, 0.3) is 22.1 Å². The quantitative estimate of drug-likeness (QED) is 0.217. The molecule has 0 amide bonds. The fourth-order valence-electron chi connectivity index (χ4n) is 3.94. The van der Waals surface area contributed by atoms with Gasteiger partial charge in [0.05, 0.1) is 19.3 Å². The van der Waals surface area contributed by atoms with Gasteiger partial charge in [-0.25, -0.2) is 8.78 Å². The Bertz CT molecular complexity index is 1350. The maximum Gasteiger partial charge on any atom is 0.310 e. The highest BCUT2D eigenvalue weighted by Crippen LogP contribution is 2.34. The fourth-order valence-corrected chi connectivity index (χ4v) is 3.94. The molecule has 0 saturated carbocycles. The summed E-state index contributed by atoms with van der Waals surface area (Å²) in [6, 6.07) is 14.5. The van der Waals surface area contributed by atoms with Gasteiger partial charge in [0.15, 0.2) is 0 Å². The van der Waals surface area contributed by atoms with Gasteiger partial charge in [0.1, 0.15) is 29.6 Å². The highest BCUT2D eigenvalue weighted by molar-refractivity contribution is 5.93. The van der Waals surface area contributed by atoms with Crippen LogP contribution in [0, 0.1) is 11.6 Å². The van der Waals surface area contributed by atoms with Crippen molar-refractivity contribution in [3.8, 4) is 16.9 Å². The minimum absolute atomic E-state index is 0.0612. The number of furan rings is 1. The molecule has 0 aliphatic carbocycles. The second kappa shape index (κ2) is 11.8. The molecule has 1 aromatic heterocycles. The number of methoxy groups -OCH3 is 1. The fraction of sp³-hybridized carbons (Fsp3) is 0.250. The average molecular weight is 496 g/mol. The van der Waals surface area contributed by atoms with Crippen molar-refractivity contribution in [2.45, 2.75) is 26.0 Å². The first-order chi connectivity index (χ1) is 17.5. The average Bonchev–Trinajstić information content (AvgIpc) is 3.35. The number of nitrogens with two attached hydrogens (primary N) is 1. The normalized spacial score (nSPS) is 11.1. The summed E-state index contributed by atoms with van der Waals surface area (Å²) in [6.45, 7) is 0.855. The predicted molar refractivity (Wildman–Crippen MR) is 131 cm³/mol. The van der Waals surface area contributed by atoms with Gasteiger partial charge in [-0.15, -0.1) is 0 Å². The van der Waals surface area contributed by atoms with Gasteiger partial charge in [0.2, 0.25) is 0 Å². The molecule has 0 unspecified atom stereocenters. The van der Waals surface area contributed by atoms with E-state index < -0.39 is 17.6 Å². The standard InChI is InChI=1S/C28H27F2NO5/c1-33-9-3-10-34-26(32)14-19-6-7-22(29)15-25(19)36-17-18-12-20-8-11-35-28(20)24(13-18)23-5-2-4-21(16-31)27(23)30/h2,4-8,11-13,15H,3,9-10,14,16-17,31H2,1H3. The van der Waals surface area contributed by atoms with E-state index in [0.29, 0.717) is 46.4 Å². The maximum atomic E-state index is 15.1. The van der Waals surface area contributed by atoms with Crippen molar-refractivity contribution in [2.24, 2.45) is 5.73 Å². The molecule has 4 aromatic rings. The third-order valence-corrected chi connectivity index (χ3v) is 5.71. The highest BCUT2D eigenvalue weighted by Gasteiger charge is 2.17. The van der Waals surface area contributed by atoms with E-state index in [-0.39, 0.29) is 31.9 Å². The van der Waals surface area contributed by atoms with Gasteiger partial charge >= 0.3 is 5.97 Å². The molecule has 4 rings (SSSR count). The summed E-state index contributed by atoms with van der Waals surface area (Å²) in [6.07, 6.45) is 2.06. The Labute approximate surface area is 207 Å². The number of carbonyl (C=O) groups is 1. The van der Waals surface area contributed by atoms with Gasteiger partial charge in [-0.2, -0.15) is 0 Å². The van der Waals surface area contributed by atoms with Crippen molar-refractivity contribution >= 4 is 16.9 Å². The van der Waals surface area contributed by atoms with Crippen molar-refractivity contribution < 1.29 is 32.2 Å². The second-order valence-corrected chi connectivity index (χ2v) is 8.25. The summed E-state index contributed by atoms with van der Waals surface area (Å²) in [5, 5.41) is 0.766. The number of carbonyl (C=O) groups excluding carboxylic acids is 1. The number of rotatable bonds is 11. The maximum absolute atomic E-state index is 15.1. The minimum Gasteiger partial charge on any atom is -0.488 e. The van der Waals surface area contributed by atoms with Crippen LogP contribution in [-0.2, 0) is 33.8 Å². The van der Waals surface area contributed by atoms with Crippen LogP contribution in [0.15, 0.2) is 65.3 Å². The van der Waals surface area contributed by atoms with E-state index in [0.717, 1.165) is 5.39 Å². The Hall–Kier alpha value is -3.75. The van der Waals surface area contributed by atoms with Gasteiger partial charge in [-0.3, -0.25) is 4.79 Å². The minimum atomic E-state index is -0.492. The van der Waals surface area contributed by atoms with Crippen LogP contribution >= 0.6 is 0 Å². The molecular formula is C28H27F2NO5. The smallest absolute Gasteiger partial charge is 0.310 e. The van der Waals surface area contributed by atoms with Crippen LogP contribution in [0.4, 0.5) is 8.78 Å². The van der Waals surface area contributed by atoms with Crippen LogP contribution in [-0.4, -0.2) is 26.3 Å². The van der Waals surface area contributed by atoms with E-state index in [2.05, 4.69) is 0 Å². The molecule has 6 nitrogen and oxygen atoms in total. The summed E-state index contributed by atoms with van der Waals surface area (Å²) in [5.41, 5.74) is 8.75. The topological polar surface area (TPSA) is 83.9 Å². The monoisotopic (exact) mass is 495 g/mol. The first kappa shape index (κ1) is 25.3. The van der Waals surface area contributed by atoms with Crippen LogP contribution < -0.4 is 10.5 Å². The highest BCUT2D eigenvalue weighted by atomic mass is 19.1. The lowest BCUT2D eigenvalue weighted by Crippen LogP contribution is -2.11. The van der Waals surface area contributed by atoms with Crippen LogP contribution in [0.1, 0.15) is 23.1 Å². The second-order valence-electron chi connectivity index (χ2n) is 8.25. The van der Waals surface area contributed by atoms with Gasteiger partial charge in [0.25, 0.3) is 0 Å². The Morgan fingerprint density at radius 2 is 1.86 bits per heavy atom. The number of fused-ring (bicyclic) bond motifs is 1. The van der Waals surface area contributed by atoms with Crippen molar-refractivity contribution in [3.05, 3.63) is 89.2 Å². The Balaban J connectivity index is 1.57. The van der Waals surface area contributed by atoms with Gasteiger partial charge < -0.3 is 24.4 Å². The van der Waals surface area contributed by atoms with Crippen molar-refractivity contribution in [2.75, 3.05) is 20.3 Å². The lowest BCUT2D eigenvalue weighted by Gasteiger charge is -2.14. The first-order valence-corrected chi connectivity index (χ1v) is 11.5. The SMILES string of the molecule is COCCCOC(=O)Cc1ccc(F)cc1OCc1cc(-c2cccc(CN)c2F)c2occc2c1. The Morgan fingerprint density at radius 3 is 2.67 bits per heavy atom. The van der Waals surface area contributed by atoms with E-state index in [4.69, 9.17) is 24.4 Å². The zero-order valence-corrected chi connectivity index (χ0v) is 19.9. The lowest BCUT2D eigenvalue weighted by molar-refractivity contribution is -0.143. The molecule has 0 bridgehead atoms. The zero-order chi connectivity index (χ0) is 25.5. The van der Waals surface area contributed by atoms with E-state index in [1.165, 1.54) is 24.5 Å². The summed E-state index contributed by atoms with van der Waals surface area (Å²) in [7, 11) is 1.57. The van der Waals surface area contributed by atoms with E-state index in [1.807, 2.05) is 6.07 Å². The molecule has 0 spiro atoms. The van der Waals surface area contributed by atoms with Crippen molar-refractivity contribution in [1.29, 1.82) is 0 Å². The third-order valence-electron chi connectivity index (χ3n) is 5.71. The van der Waals surface area contributed by atoms with Crippen LogP contribution in [0.5, 0.6) is 5.75 Å². The molecule has 0 saturated heterocycles. The molecule has 0 radical (unpaired) electrons. The first-order valence-electron chi connectivity index (χ1n) is 11.5. The molecular weight excluding hydrogens is 468 g/mol. The lowest BCUT2D eigenvalue weighted by atomic mass is 9.98. The van der Waals surface area contributed by atoms with Crippen molar-refractivity contribution in [1.82, 2.24) is 0 Å². The van der Waals surface area contributed by atoms with Gasteiger partial charge in [-0.1, -0.05) is 24.3 Å². The largest absolute Gasteiger partial charge is 0.488 e. The number of hydrogen-bond acceptors (Lipinski definition) is 6. The molecule has 2 N–H and O–H groups in total. The van der Waals surface area contributed by atoms with Gasteiger partial charge in [0, 0.05) is 60.4 Å². The summed E-state index contributed by atoms with van der Waals surface area (Å²) in [4.78, 5) is 12.2. The number of hydrogen-bond donors (Lipinski definition) is 1. The molecule has 8 heteroatoms. The number of esters is 1. The Kier molecular flexibility index (Phi) is 8.30. The number of benzene rings is 3. The summed E-state index contributed by atoms with van der Waals surface area (Å²) >= 11 is 0. The van der Waals surface area contributed by atoms with Gasteiger partial charge in [-0.05, 0) is 29.8 Å². The van der Waals surface area contributed by atoms with Crippen molar-refractivity contribution in [3.63, 3.8) is 0 Å². The summed E-state index contributed by atoms with van der Waals surface area (Å²) < 4.78 is 50.8. The van der Waals surface area contributed by atoms with E-state index in [1.54, 1.807) is 37.4 Å². The third kappa shape index (κ3) is 5.90. The van der Waals surface area contributed by atoms with E-state index in [9.17, 15) is 9.18 Å². The van der Waals surface area contributed by atoms with Crippen LogP contribution in [0.3, 0.4) is 0 Å². The molecule has 0 aliphatic heterocycles. The summed E-state index contributed by atoms with van der Waals surface area (Å²) in [5.74, 6) is -1.12. The predicted octanol–water partition coefficient (Wildman–Crippen LogP) is 5.54. The molecule has 0 fully saturated rings. The van der Waals surface area contributed by atoms with E-state index >= 15 is 4.39 Å². The van der Waals surface area contributed by atoms with Crippen LogP contribution in [0.2, 0.25) is 0 Å². The zero-order valence-electron chi connectivity index (χ0n) is 19.9. The molecule has 3 aromatic carbocycles. The number of halogens is 2. The number of ether oxygens (including phenoxy) is 3. The molecule has 0 aliphatic rings. The molecule has 36 heavy (non-hydrogen) atoms.